The van der Waals surface area contributed by atoms with E-state index in [2.05, 4.69) is 5.32 Å². The fourth-order valence-electron chi connectivity index (χ4n) is 2.21. The second kappa shape index (κ2) is 5.98. The van der Waals surface area contributed by atoms with Crippen molar-refractivity contribution in [1.29, 1.82) is 0 Å². The summed E-state index contributed by atoms with van der Waals surface area (Å²) in [5, 5.41) is 2.62. The smallest absolute Gasteiger partial charge is 0.245 e. The van der Waals surface area contributed by atoms with E-state index in [0.717, 1.165) is 6.07 Å². The van der Waals surface area contributed by atoms with Crippen molar-refractivity contribution >= 4 is 11.8 Å². The summed E-state index contributed by atoms with van der Waals surface area (Å²) in [5.74, 6) is -2.35. The van der Waals surface area contributed by atoms with Gasteiger partial charge >= 0.3 is 0 Å². The van der Waals surface area contributed by atoms with Crippen LogP contribution in [0, 0.1) is 11.6 Å². The molecule has 1 unspecified atom stereocenters. The number of rotatable bonds is 3. The molecule has 2 amide bonds. The van der Waals surface area contributed by atoms with Crippen LogP contribution in [0.1, 0.15) is 25.3 Å². The molecule has 1 aromatic carbocycles. The average Bonchev–Trinajstić information content (AvgIpc) is 2.56. The molecular formula is C14H16F2N2O2. The van der Waals surface area contributed by atoms with Gasteiger partial charge in [0.05, 0.1) is 0 Å². The number of carbonyl (C=O) groups is 2. The van der Waals surface area contributed by atoms with E-state index in [9.17, 15) is 18.4 Å². The zero-order valence-electron chi connectivity index (χ0n) is 11.2. The Morgan fingerprint density at radius 1 is 1.35 bits per heavy atom. The largest absolute Gasteiger partial charge is 0.344 e. The number of hydrogen-bond acceptors (Lipinski definition) is 2. The van der Waals surface area contributed by atoms with Crippen molar-refractivity contribution in [1.82, 2.24) is 10.2 Å². The zero-order valence-corrected chi connectivity index (χ0v) is 11.2. The second-order valence-electron chi connectivity index (χ2n) is 4.75. The molecule has 1 heterocycles. The van der Waals surface area contributed by atoms with E-state index in [1.807, 2.05) is 0 Å². The molecule has 1 aliphatic rings. The van der Waals surface area contributed by atoms with Crippen molar-refractivity contribution in [2.75, 3.05) is 6.54 Å². The lowest BCUT2D eigenvalue weighted by atomic mass is 10.1. The van der Waals surface area contributed by atoms with Crippen LogP contribution in [-0.4, -0.2) is 29.3 Å². The Morgan fingerprint density at radius 2 is 2.10 bits per heavy atom. The van der Waals surface area contributed by atoms with Crippen LogP contribution in [0.4, 0.5) is 8.78 Å². The van der Waals surface area contributed by atoms with Gasteiger partial charge in [-0.05, 0) is 12.5 Å². The first-order valence-corrected chi connectivity index (χ1v) is 6.54. The summed E-state index contributed by atoms with van der Waals surface area (Å²) in [6.45, 7) is 1.96. The first kappa shape index (κ1) is 14.4. The molecule has 1 saturated heterocycles. The molecule has 108 valence electrons. The molecule has 0 spiro atoms. The highest BCUT2D eigenvalue weighted by Gasteiger charge is 2.29. The summed E-state index contributed by atoms with van der Waals surface area (Å²) in [6.07, 6.45) is 0.631. The fourth-order valence-corrected chi connectivity index (χ4v) is 2.21. The minimum atomic E-state index is -0.947. The lowest BCUT2D eigenvalue weighted by Gasteiger charge is -2.23. The predicted octanol–water partition coefficient (Wildman–Crippen LogP) is 1.59. The summed E-state index contributed by atoms with van der Waals surface area (Å²) in [7, 11) is 0. The first-order valence-electron chi connectivity index (χ1n) is 6.54. The molecule has 1 aliphatic heterocycles. The van der Waals surface area contributed by atoms with Gasteiger partial charge < -0.3 is 10.2 Å². The van der Waals surface area contributed by atoms with E-state index in [4.69, 9.17) is 0 Å². The van der Waals surface area contributed by atoms with Crippen molar-refractivity contribution in [3.63, 3.8) is 0 Å². The van der Waals surface area contributed by atoms with E-state index in [0.29, 0.717) is 6.42 Å². The van der Waals surface area contributed by atoms with Gasteiger partial charge in [-0.3, -0.25) is 9.59 Å². The molecule has 0 aromatic heterocycles. The summed E-state index contributed by atoms with van der Waals surface area (Å²) in [6, 6.07) is 3.27. The second-order valence-corrected chi connectivity index (χ2v) is 4.75. The highest BCUT2D eigenvalue weighted by atomic mass is 19.2. The van der Waals surface area contributed by atoms with Crippen molar-refractivity contribution in [2.45, 2.75) is 32.4 Å². The monoisotopic (exact) mass is 282 g/mol. The molecule has 0 bridgehead atoms. The molecule has 6 heteroatoms. The van der Waals surface area contributed by atoms with Crippen molar-refractivity contribution in [3.8, 4) is 0 Å². The van der Waals surface area contributed by atoms with Crippen LogP contribution >= 0.6 is 0 Å². The Balaban J connectivity index is 2.20. The highest BCUT2D eigenvalue weighted by Crippen LogP contribution is 2.16. The number of carbonyl (C=O) groups excluding carboxylic acids is 2. The van der Waals surface area contributed by atoms with Crippen LogP contribution < -0.4 is 5.32 Å². The summed E-state index contributed by atoms with van der Waals surface area (Å²) < 4.78 is 26.8. The summed E-state index contributed by atoms with van der Waals surface area (Å²) in [5.41, 5.74) is 0.113. The third-order valence-corrected chi connectivity index (χ3v) is 3.35. The van der Waals surface area contributed by atoms with E-state index in [1.54, 1.807) is 6.92 Å². The molecule has 1 aromatic rings. The van der Waals surface area contributed by atoms with E-state index in [-0.39, 0.29) is 36.9 Å². The maximum Gasteiger partial charge on any atom is 0.245 e. The normalized spacial score (nSPS) is 19.8. The number of nitrogens with zero attached hydrogens (tertiary/aromatic N) is 1. The van der Waals surface area contributed by atoms with Crippen LogP contribution in [-0.2, 0) is 16.1 Å². The Hall–Kier alpha value is -1.98. The molecule has 2 rings (SSSR count). The lowest BCUT2D eigenvalue weighted by molar-refractivity contribution is -0.134. The number of hydrogen-bond donors (Lipinski definition) is 1. The van der Waals surface area contributed by atoms with Gasteiger partial charge in [0.1, 0.15) is 6.04 Å². The fraction of sp³-hybridized carbons (Fsp3) is 0.429. The van der Waals surface area contributed by atoms with Gasteiger partial charge in [-0.1, -0.05) is 19.1 Å². The Labute approximate surface area is 115 Å². The molecule has 4 nitrogen and oxygen atoms in total. The quantitative estimate of drug-likeness (QED) is 0.915. The van der Waals surface area contributed by atoms with Gasteiger partial charge in [-0.15, -0.1) is 0 Å². The maximum absolute atomic E-state index is 13.6. The summed E-state index contributed by atoms with van der Waals surface area (Å²) in [4.78, 5) is 25.1. The zero-order chi connectivity index (χ0) is 14.7. The van der Waals surface area contributed by atoms with Crippen LogP contribution in [0.5, 0.6) is 0 Å². The Kier molecular flexibility index (Phi) is 4.32. The predicted molar refractivity (Wildman–Crippen MR) is 68.6 cm³/mol. The number of halogens is 2. The molecule has 20 heavy (non-hydrogen) atoms. The van der Waals surface area contributed by atoms with Crippen molar-refractivity contribution < 1.29 is 18.4 Å². The minimum Gasteiger partial charge on any atom is -0.344 e. The minimum absolute atomic E-state index is 0.0338. The third-order valence-electron chi connectivity index (χ3n) is 3.35. The SMILES string of the molecule is CCC1NC(=O)CCN(Cc2cccc(F)c2F)C1=O. The molecule has 1 N–H and O–H groups in total. The first-order chi connectivity index (χ1) is 9.52. The Bertz CT molecular complexity index is 534. The molecule has 0 saturated carbocycles. The van der Waals surface area contributed by atoms with Gasteiger partial charge in [0.25, 0.3) is 0 Å². The third kappa shape index (κ3) is 2.95. The van der Waals surface area contributed by atoms with E-state index < -0.39 is 17.7 Å². The van der Waals surface area contributed by atoms with E-state index >= 15 is 0 Å². The van der Waals surface area contributed by atoms with Gasteiger partial charge in [0.15, 0.2) is 11.6 Å². The van der Waals surface area contributed by atoms with Gasteiger partial charge in [-0.25, -0.2) is 8.78 Å². The van der Waals surface area contributed by atoms with Crippen LogP contribution in [0.25, 0.3) is 0 Å². The molecule has 0 aliphatic carbocycles. The van der Waals surface area contributed by atoms with Crippen molar-refractivity contribution in [3.05, 3.63) is 35.4 Å². The van der Waals surface area contributed by atoms with Crippen molar-refractivity contribution in [2.24, 2.45) is 0 Å². The van der Waals surface area contributed by atoms with E-state index in [1.165, 1.54) is 17.0 Å². The van der Waals surface area contributed by atoms with Gasteiger partial charge in [0, 0.05) is 25.1 Å². The van der Waals surface area contributed by atoms with Crippen LogP contribution in [0.15, 0.2) is 18.2 Å². The number of amides is 2. The molecule has 0 radical (unpaired) electrons. The average molecular weight is 282 g/mol. The topological polar surface area (TPSA) is 49.4 Å². The maximum atomic E-state index is 13.6. The number of nitrogens with one attached hydrogen (secondary N) is 1. The van der Waals surface area contributed by atoms with Gasteiger partial charge in [-0.2, -0.15) is 0 Å². The highest BCUT2D eigenvalue weighted by molar-refractivity contribution is 5.89. The lowest BCUT2D eigenvalue weighted by Crippen LogP contribution is -2.44. The standard InChI is InChI=1S/C14H16F2N2O2/c1-2-11-14(20)18(7-6-12(19)17-11)8-9-4-3-5-10(15)13(9)16/h3-5,11H,2,6-8H2,1H3,(H,17,19). The van der Waals surface area contributed by atoms with Crippen LogP contribution in [0.3, 0.4) is 0 Å². The van der Waals surface area contributed by atoms with Gasteiger partial charge in [0.2, 0.25) is 11.8 Å². The van der Waals surface area contributed by atoms with Crippen LogP contribution in [0.2, 0.25) is 0 Å². The molecule has 1 fully saturated rings. The molecular weight excluding hydrogens is 266 g/mol. The number of benzene rings is 1. The summed E-state index contributed by atoms with van der Waals surface area (Å²) >= 11 is 0. The Morgan fingerprint density at radius 3 is 2.80 bits per heavy atom. The molecule has 1 atom stereocenters.